The minimum atomic E-state index is -0.167. The molecule has 0 unspecified atom stereocenters. The minimum absolute atomic E-state index is 0.0902. The summed E-state index contributed by atoms with van der Waals surface area (Å²) in [6, 6.07) is 13.7. The van der Waals surface area contributed by atoms with Gasteiger partial charge < -0.3 is 14.2 Å². The van der Waals surface area contributed by atoms with Crippen molar-refractivity contribution in [2.24, 2.45) is 0 Å². The van der Waals surface area contributed by atoms with Crippen LogP contribution < -0.4 is 5.32 Å². The lowest BCUT2D eigenvalue weighted by Gasteiger charge is -2.06. The predicted molar refractivity (Wildman–Crippen MR) is 111 cm³/mol. The zero-order valence-electron chi connectivity index (χ0n) is 15.9. The van der Waals surface area contributed by atoms with Crippen LogP contribution in [0.5, 0.6) is 0 Å². The van der Waals surface area contributed by atoms with E-state index in [4.69, 9.17) is 8.83 Å². The number of ketones is 1. The number of amides is 1. The van der Waals surface area contributed by atoms with Gasteiger partial charge in [0.2, 0.25) is 11.1 Å². The van der Waals surface area contributed by atoms with Crippen molar-refractivity contribution in [3.63, 3.8) is 0 Å². The molecule has 150 valence electrons. The molecule has 8 nitrogen and oxygen atoms in total. The maximum Gasteiger partial charge on any atom is 0.221 e. The Morgan fingerprint density at radius 3 is 2.20 bits per heavy atom. The summed E-state index contributed by atoms with van der Waals surface area (Å²) < 4.78 is 10.9. The number of hydrogen-bond acceptors (Lipinski definition) is 8. The number of anilines is 1. The number of furan rings is 2. The highest BCUT2D eigenvalue weighted by Crippen LogP contribution is 2.30. The fourth-order valence-corrected chi connectivity index (χ4v) is 3.37. The van der Waals surface area contributed by atoms with Gasteiger partial charge in [-0.05, 0) is 48.5 Å². The number of nitrogens with one attached hydrogen (secondary N) is 1. The molecule has 0 atom stereocenters. The molecule has 3 heterocycles. The Balaban J connectivity index is 1.50. The van der Waals surface area contributed by atoms with Gasteiger partial charge in [0, 0.05) is 18.2 Å². The molecule has 30 heavy (non-hydrogen) atoms. The molecule has 0 spiro atoms. The van der Waals surface area contributed by atoms with Gasteiger partial charge in [0.05, 0.1) is 18.3 Å². The molecule has 0 aliphatic carbocycles. The second-order valence-corrected chi connectivity index (χ2v) is 7.16. The summed E-state index contributed by atoms with van der Waals surface area (Å²) in [5.41, 5.74) is 2.11. The highest BCUT2D eigenvalue weighted by molar-refractivity contribution is 7.99. The van der Waals surface area contributed by atoms with Crippen LogP contribution in [0.3, 0.4) is 0 Å². The van der Waals surface area contributed by atoms with E-state index in [2.05, 4.69) is 20.5 Å². The molecule has 4 aromatic rings. The van der Waals surface area contributed by atoms with Gasteiger partial charge in [0.25, 0.3) is 0 Å². The van der Waals surface area contributed by atoms with Crippen molar-refractivity contribution in [1.29, 1.82) is 0 Å². The smallest absolute Gasteiger partial charge is 0.221 e. The number of aromatic nitrogens is 3. The first kappa shape index (κ1) is 19.6. The Morgan fingerprint density at radius 2 is 1.60 bits per heavy atom. The van der Waals surface area contributed by atoms with Crippen LogP contribution in [0.4, 0.5) is 5.69 Å². The summed E-state index contributed by atoms with van der Waals surface area (Å²) in [5.74, 6) is 0.928. The van der Waals surface area contributed by atoms with Gasteiger partial charge in [-0.15, -0.1) is 10.2 Å². The SMILES string of the molecule is CC(=O)Nc1ccc(C(=O)CSc2nnc(-c3ccco3)c(-c3ccco3)n2)cc1. The van der Waals surface area contributed by atoms with Gasteiger partial charge >= 0.3 is 0 Å². The molecule has 4 rings (SSSR count). The van der Waals surface area contributed by atoms with Crippen LogP contribution in [0.1, 0.15) is 17.3 Å². The number of rotatable bonds is 7. The molecule has 9 heteroatoms. The maximum atomic E-state index is 12.5. The Bertz CT molecular complexity index is 1160. The van der Waals surface area contributed by atoms with E-state index >= 15 is 0 Å². The van der Waals surface area contributed by atoms with Crippen molar-refractivity contribution in [3.05, 3.63) is 66.6 Å². The van der Waals surface area contributed by atoms with Gasteiger partial charge in [0.1, 0.15) is 5.69 Å². The van der Waals surface area contributed by atoms with E-state index in [9.17, 15) is 9.59 Å². The van der Waals surface area contributed by atoms with Crippen molar-refractivity contribution in [3.8, 4) is 22.9 Å². The third-order valence-electron chi connectivity index (χ3n) is 4.04. The monoisotopic (exact) mass is 420 g/mol. The Morgan fingerprint density at radius 1 is 0.933 bits per heavy atom. The quantitative estimate of drug-likeness (QED) is 0.347. The Hall–Kier alpha value is -3.72. The molecular weight excluding hydrogens is 404 g/mol. The number of carbonyl (C=O) groups excluding carboxylic acids is 2. The third-order valence-corrected chi connectivity index (χ3v) is 4.87. The summed E-state index contributed by atoms with van der Waals surface area (Å²) in [7, 11) is 0. The van der Waals surface area contributed by atoms with Crippen molar-refractivity contribution in [1.82, 2.24) is 15.2 Å². The molecule has 0 fully saturated rings. The van der Waals surface area contributed by atoms with Crippen molar-refractivity contribution < 1.29 is 18.4 Å². The number of benzene rings is 1. The van der Waals surface area contributed by atoms with Gasteiger partial charge in [-0.3, -0.25) is 9.59 Å². The number of Topliss-reactive ketones (excluding diaryl/α,β-unsaturated/α-hetero) is 1. The molecule has 1 N–H and O–H groups in total. The first-order chi connectivity index (χ1) is 14.6. The van der Waals surface area contributed by atoms with Crippen LogP contribution in [0.15, 0.2) is 75.0 Å². The molecule has 0 saturated carbocycles. The first-order valence-corrected chi connectivity index (χ1v) is 9.95. The fraction of sp³-hybridized carbons (Fsp3) is 0.0952. The number of thioether (sulfide) groups is 1. The van der Waals surface area contributed by atoms with Crippen molar-refractivity contribution >= 4 is 29.1 Å². The summed E-state index contributed by atoms with van der Waals surface area (Å²) in [4.78, 5) is 28.1. The van der Waals surface area contributed by atoms with E-state index in [0.717, 1.165) is 0 Å². The lowest BCUT2D eigenvalue weighted by atomic mass is 10.1. The number of nitrogens with zero attached hydrogens (tertiary/aromatic N) is 3. The number of carbonyl (C=O) groups is 2. The van der Waals surface area contributed by atoms with E-state index in [0.29, 0.717) is 39.3 Å². The summed E-state index contributed by atoms with van der Waals surface area (Å²) in [5, 5.41) is 11.4. The molecule has 0 bridgehead atoms. The van der Waals surface area contributed by atoms with E-state index < -0.39 is 0 Å². The molecule has 0 radical (unpaired) electrons. The molecular formula is C21H16N4O4S. The first-order valence-electron chi connectivity index (χ1n) is 8.96. The van der Waals surface area contributed by atoms with Crippen molar-refractivity contribution in [2.75, 3.05) is 11.1 Å². The summed E-state index contributed by atoms with van der Waals surface area (Å²) in [6.07, 6.45) is 3.09. The molecule has 0 aliphatic heterocycles. The van der Waals surface area contributed by atoms with Gasteiger partial charge in [-0.2, -0.15) is 0 Å². The fourth-order valence-electron chi connectivity index (χ4n) is 2.69. The van der Waals surface area contributed by atoms with Gasteiger partial charge in [-0.1, -0.05) is 11.8 Å². The van der Waals surface area contributed by atoms with Crippen LogP contribution >= 0.6 is 11.8 Å². The van der Waals surface area contributed by atoms with Gasteiger partial charge in [0.15, 0.2) is 23.0 Å². The average Bonchev–Trinajstić information content (AvgIpc) is 3.46. The standard InChI is InChI=1S/C21H16N4O4S/c1-13(26)22-15-8-6-14(7-9-15)16(27)12-30-21-23-19(17-4-2-10-28-17)20(24-25-21)18-5-3-11-29-18/h2-11H,12H2,1H3,(H,22,26). The largest absolute Gasteiger partial charge is 0.463 e. The highest BCUT2D eigenvalue weighted by atomic mass is 32.2. The number of hydrogen-bond donors (Lipinski definition) is 1. The van der Waals surface area contributed by atoms with Crippen LogP contribution in [0.25, 0.3) is 22.9 Å². The molecule has 0 aliphatic rings. The molecule has 1 amide bonds. The lowest BCUT2D eigenvalue weighted by molar-refractivity contribution is -0.114. The van der Waals surface area contributed by atoms with E-state index in [1.165, 1.54) is 18.7 Å². The molecule has 1 aromatic carbocycles. The van der Waals surface area contributed by atoms with Crippen LogP contribution in [-0.4, -0.2) is 32.6 Å². The Labute approximate surface area is 175 Å². The second-order valence-electron chi connectivity index (χ2n) is 6.22. The van der Waals surface area contributed by atoms with E-state index in [-0.39, 0.29) is 17.4 Å². The highest BCUT2D eigenvalue weighted by Gasteiger charge is 2.18. The molecule has 0 saturated heterocycles. The van der Waals surface area contributed by atoms with E-state index in [1.807, 2.05) is 0 Å². The molecule has 3 aromatic heterocycles. The topological polar surface area (TPSA) is 111 Å². The maximum absolute atomic E-state index is 12.5. The zero-order valence-corrected chi connectivity index (χ0v) is 16.7. The Kier molecular flexibility index (Phi) is 5.71. The van der Waals surface area contributed by atoms with Crippen molar-refractivity contribution in [2.45, 2.75) is 12.1 Å². The average molecular weight is 420 g/mol. The van der Waals surface area contributed by atoms with Crippen LogP contribution in [0.2, 0.25) is 0 Å². The third kappa shape index (κ3) is 4.47. The van der Waals surface area contributed by atoms with Gasteiger partial charge in [-0.25, -0.2) is 4.98 Å². The van der Waals surface area contributed by atoms with Crippen LogP contribution in [-0.2, 0) is 4.79 Å². The predicted octanol–water partition coefficient (Wildman–Crippen LogP) is 4.33. The second kappa shape index (κ2) is 8.75. The lowest BCUT2D eigenvalue weighted by Crippen LogP contribution is -2.07. The normalized spacial score (nSPS) is 10.7. The zero-order chi connectivity index (χ0) is 20.9. The summed E-state index contributed by atoms with van der Waals surface area (Å²) >= 11 is 1.18. The van der Waals surface area contributed by atoms with Crippen LogP contribution in [0, 0.1) is 0 Å². The van der Waals surface area contributed by atoms with E-state index in [1.54, 1.807) is 61.1 Å². The summed E-state index contributed by atoms with van der Waals surface area (Å²) in [6.45, 7) is 1.43. The minimum Gasteiger partial charge on any atom is -0.463 e.